The van der Waals surface area contributed by atoms with E-state index in [1.54, 1.807) is 21.3 Å². The lowest BCUT2D eigenvalue weighted by Gasteiger charge is -2.53. The summed E-state index contributed by atoms with van der Waals surface area (Å²) in [6, 6.07) is 14.1. The van der Waals surface area contributed by atoms with Crippen molar-refractivity contribution in [2.24, 2.45) is 11.8 Å². The van der Waals surface area contributed by atoms with Gasteiger partial charge in [-0.25, -0.2) is 0 Å². The standard InChI is InChI=1S/C24H31NO4/c1-27-21-10-8-18(9-11-21)24(26)19-5-4-6-20(24)16-25(15-19)14-17-7-12-22(28-2)23(13-17)29-3/h7-13,19-20,26H,4-6,14-16H2,1-3H3. The van der Waals surface area contributed by atoms with E-state index in [0.717, 1.165) is 55.3 Å². The minimum atomic E-state index is -0.751. The number of ether oxygens (including phenoxy) is 3. The number of hydrogen-bond acceptors (Lipinski definition) is 5. The molecule has 2 bridgehead atoms. The van der Waals surface area contributed by atoms with Crippen molar-refractivity contribution in [2.75, 3.05) is 34.4 Å². The Labute approximate surface area is 173 Å². The summed E-state index contributed by atoms with van der Waals surface area (Å²) in [4.78, 5) is 2.48. The third kappa shape index (κ3) is 3.69. The number of fused-ring (bicyclic) bond motifs is 2. The van der Waals surface area contributed by atoms with E-state index in [9.17, 15) is 5.11 Å². The fraction of sp³-hybridized carbons (Fsp3) is 0.500. The van der Waals surface area contributed by atoms with Crippen LogP contribution >= 0.6 is 0 Å². The third-order valence-electron chi connectivity index (χ3n) is 6.71. The van der Waals surface area contributed by atoms with Gasteiger partial charge in [-0.05, 0) is 48.2 Å². The van der Waals surface area contributed by atoms with Gasteiger partial charge in [-0.1, -0.05) is 24.6 Å². The molecule has 2 aliphatic rings. The Kier molecular flexibility index (Phi) is 5.70. The third-order valence-corrected chi connectivity index (χ3v) is 6.71. The van der Waals surface area contributed by atoms with Crippen LogP contribution in [0.1, 0.15) is 30.4 Å². The zero-order chi connectivity index (χ0) is 20.4. The van der Waals surface area contributed by atoms with Crippen molar-refractivity contribution in [2.45, 2.75) is 31.4 Å². The monoisotopic (exact) mass is 397 g/mol. The second-order valence-electron chi connectivity index (χ2n) is 8.26. The van der Waals surface area contributed by atoms with Crippen molar-refractivity contribution in [1.29, 1.82) is 0 Å². The summed E-state index contributed by atoms with van der Waals surface area (Å²) in [6.07, 6.45) is 3.31. The molecule has 1 aliphatic heterocycles. The van der Waals surface area contributed by atoms with Crippen molar-refractivity contribution < 1.29 is 19.3 Å². The molecule has 1 heterocycles. The maximum Gasteiger partial charge on any atom is 0.161 e. The number of methoxy groups -OCH3 is 3. The normalized spacial score (nSPS) is 26.8. The highest BCUT2D eigenvalue weighted by atomic mass is 16.5. The average molecular weight is 398 g/mol. The minimum absolute atomic E-state index is 0.239. The lowest BCUT2D eigenvalue weighted by atomic mass is 9.62. The number of hydrogen-bond donors (Lipinski definition) is 1. The van der Waals surface area contributed by atoms with Gasteiger partial charge in [0.15, 0.2) is 11.5 Å². The SMILES string of the molecule is COc1ccc(C2(O)C3CCCC2CN(Cc2ccc(OC)c(OC)c2)C3)cc1. The number of nitrogens with zero attached hydrogens (tertiary/aromatic N) is 1. The number of aliphatic hydroxyl groups is 1. The number of likely N-dealkylation sites (tertiary alicyclic amines) is 1. The summed E-state index contributed by atoms with van der Waals surface area (Å²) in [6.45, 7) is 2.65. The summed E-state index contributed by atoms with van der Waals surface area (Å²) in [5, 5.41) is 11.8. The zero-order valence-electron chi connectivity index (χ0n) is 17.6. The van der Waals surface area contributed by atoms with E-state index in [2.05, 4.69) is 17.0 Å². The quantitative estimate of drug-likeness (QED) is 0.803. The Morgan fingerprint density at radius 2 is 1.55 bits per heavy atom. The first-order valence-electron chi connectivity index (χ1n) is 10.4. The number of benzene rings is 2. The van der Waals surface area contributed by atoms with E-state index in [0.29, 0.717) is 0 Å². The molecule has 0 amide bonds. The second-order valence-corrected chi connectivity index (χ2v) is 8.26. The van der Waals surface area contributed by atoms with Gasteiger partial charge in [-0.15, -0.1) is 0 Å². The lowest BCUT2D eigenvalue weighted by molar-refractivity contribution is -0.148. The van der Waals surface area contributed by atoms with Crippen LogP contribution in [-0.4, -0.2) is 44.4 Å². The van der Waals surface area contributed by atoms with Crippen LogP contribution in [-0.2, 0) is 12.1 Å². The Morgan fingerprint density at radius 3 is 2.14 bits per heavy atom. The summed E-state index contributed by atoms with van der Waals surface area (Å²) in [5.74, 6) is 2.82. The molecule has 29 heavy (non-hydrogen) atoms. The highest BCUT2D eigenvalue weighted by Gasteiger charge is 2.51. The van der Waals surface area contributed by atoms with Gasteiger partial charge in [0.1, 0.15) is 5.75 Å². The predicted octanol–water partition coefficient (Wildman–Crippen LogP) is 3.83. The van der Waals surface area contributed by atoms with Gasteiger partial charge in [0, 0.05) is 31.5 Å². The van der Waals surface area contributed by atoms with Crippen molar-refractivity contribution in [3.63, 3.8) is 0 Å². The molecular formula is C24H31NO4. The Bertz CT molecular complexity index is 821. The van der Waals surface area contributed by atoms with Crippen LogP contribution in [0.3, 0.4) is 0 Å². The largest absolute Gasteiger partial charge is 0.497 e. The molecule has 0 aromatic heterocycles. The first-order valence-corrected chi connectivity index (χ1v) is 10.4. The fourth-order valence-electron chi connectivity index (χ4n) is 5.24. The van der Waals surface area contributed by atoms with E-state index in [1.165, 1.54) is 12.0 Å². The van der Waals surface area contributed by atoms with Crippen LogP contribution in [0.25, 0.3) is 0 Å². The van der Waals surface area contributed by atoms with Crippen molar-refractivity contribution >= 4 is 0 Å². The van der Waals surface area contributed by atoms with Gasteiger partial charge < -0.3 is 19.3 Å². The van der Waals surface area contributed by atoms with Gasteiger partial charge >= 0.3 is 0 Å². The van der Waals surface area contributed by atoms with Gasteiger partial charge in [0.2, 0.25) is 0 Å². The van der Waals surface area contributed by atoms with Crippen LogP contribution in [0.2, 0.25) is 0 Å². The molecule has 0 spiro atoms. The number of piperidine rings is 1. The molecule has 2 aromatic rings. The molecule has 1 saturated carbocycles. The Hall–Kier alpha value is -2.24. The Morgan fingerprint density at radius 1 is 0.897 bits per heavy atom. The summed E-state index contributed by atoms with van der Waals surface area (Å²) in [7, 11) is 5.00. The summed E-state index contributed by atoms with van der Waals surface area (Å²) in [5.41, 5.74) is 1.48. The van der Waals surface area contributed by atoms with Crippen LogP contribution in [0.4, 0.5) is 0 Å². The maximum atomic E-state index is 11.8. The van der Waals surface area contributed by atoms with Gasteiger partial charge in [-0.3, -0.25) is 4.90 Å². The van der Waals surface area contributed by atoms with E-state index >= 15 is 0 Å². The highest BCUT2D eigenvalue weighted by Crippen LogP contribution is 2.49. The second kappa shape index (κ2) is 8.25. The van der Waals surface area contributed by atoms with E-state index < -0.39 is 5.60 Å². The molecule has 2 aromatic carbocycles. The van der Waals surface area contributed by atoms with Crippen LogP contribution in [0.5, 0.6) is 17.2 Å². The van der Waals surface area contributed by atoms with Crippen molar-refractivity contribution in [3.8, 4) is 17.2 Å². The minimum Gasteiger partial charge on any atom is -0.497 e. The first kappa shape index (κ1) is 20.0. The van der Waals surface area contributed by atoms with Crippen molar-refractivity contribution in [1.82, 2.24) is 4.90 Å². The van der Waals surface area contributed by atoms with E-state index in [-0.39, 0.29) is 11.8 Å². The fourth-order valence-corrected chi connectivity index (χ4v) is 5.24. The summed E-state index contributed by atoms with van der Waals surface area (Å²) < 4.78 is 16.1. The van der Waals surface area contributed by atoms with Crippen molar-refractivity contribution in [3.05, 3.63) is 53.6 Å². The van der Waals surface area contributed by atoms with Gasteiger partial charge in [0.05, 0.1) is 26.9 Å². The smallest absolute Gasteiger partial charge is 0.161 e. The molecular weight excluding hydrogens is 366 g/mol. The predicted molar refractivity (Wildman–Crippen MR) is 113 cm³/mol. The molecule has 0 radical (unpaired) electrons. The topological polar surface area (TPSA) is 51.2 Å². The van der Waals surface area contributed by atoms with Crippen LogP contribution < -0.4 is 14.2 Å². The van der Waals surface area contributed by atoms with E-state index in [4.69, 9.17) is 14.2 Å². The Balaban J connectivity index is 1.53. The zero-order valence-corrected chi connectivity index (χ0v) is 17.6. The van der Waals surface area contributed by atoms with Crippen LogP contribution in [0.15, 0.2) is 42.5 Å². The van der Waals surface area contributed by atoms with Crippen LogP contribution in [0, 0.1) is 11.8 Å². The molecule has 5 heteroatoms. The molecule has 2 fully saturated rings. The molecule has 2 unspecified atom stereocenters. The molecule has 1 N–H and O–H groups in total. The summed E-state index contributed by atoms with van der Waals surface area (Å²) >= 11 is 0. The van der Waals surface area contributed by atoms with Gasteiger partial charge in [-0.2, -0.15) is 0 Å². The molecule has 5 nitrogen and oxygen atoms in total. The first-order chi connectivity index (χ1) is 14.1. The maximum absolute atomic E-state index is 11.8. The lowest BCUT2D eigenvalue weighted by Crippen LogP contribution is -2.57. The highest BCUT2D eigenvalue weighted by molar-refractivity contribution is 5.43. The van der Waals surface area contributed by atoms with E-state index in [1.807, 2.05) is 30.3 Å². The molecule has 156 valence electrons. The molecule has 4 rings (SSSR count). The molecule has 1 saturated heterocycles. The average Bonchev–Trinajstić information content (AvgIpc) is 2.74. The molecule has 2 atom stereocenters. The number of rotatable bonds is 6. The van der Waals surface area contributed by atoms with Gasteiger partial charge in [0.25, 0.3) is 0 Å². The molecule has 1 aliphatic carbocycles.